The fraction of sp³-hybridized carbons (Fsp3) is 0.200. The first-order valence-corrected chi connectivity index (χ1v) is 5.83. The molecule has 18 heavy (non-hydrogen) atoms. The quantitative estimate of drug-likeness (QED) is 0.832. The largest absolute Gasteiger partial charge is 0.508 e. The number of phenols is 1. The van der Waals surface area contributed by atoms with Gasteiger partial charge in [0.05, 0.1) is 0 Å². The summed E-state index contributed by atoms with van der Waals surface area (Å²) in [6.45, 7) is 1.84. The highest BCUT2D eigenvalue weighted by Gasteiger charge is 2.27. The Morgan fingerprint density at radius 3 is 2.67 bits per heavy atom. The summed E-state index contributed by atoms with van der Waals surface area (Å²) in [4.78, 5) is 0. The number of aromatic hydroxyl groups is 1. The Kier molecular flexibility index (Phi) is 2.49. The van der Waals surface area contributed by atoms with Gasteiger partial charge in [0.1, 0.15) is 11.5 Å². The summed E-state index contributed by atoms with van der Waals surface area (Å²) in [5.74, 6) is 0.934. The van der Waals surface area contributed by atoms with E-state index < -0.39 is 6.29 Å². The summed E-state index contributed by atoms with van der Waals surface area (Å²) < 4.78 is 11.2. The number of methoxy groups -OCH3 is 1. The van der Waals surface area contributed by atoms with Gasteiger partial charge < -0.3 is 14.6 Å². The second-order valence-corrected chi connectivity index (χ2v) is 4.36. The molecule has 2 aromatic rings. The molecule has 0 bridgehead atoms. The maximum Gasteiger partial charge on any atom is 0.227 e. The van der Waals surface area contributed by atoms with Gasteiger partial charge in [-0.15, -0.1) is 0 Å². The molecule has 3 rings (SSSR count). The average Bonchev–Trinajstić information content (AvgIpc) is 2.42. The first-order valence-electron chi connectivity index (χ1n) is 5.83. The molecule has 3 heteroatoms. The topological polar surface area (TPSA) is 38.7 Å². The highest BCUT2D eigenvalue weighted by Crippen LogP contribution is 2.46. The number of fused-ring (bicyclic) bond motifs is 3. The second kappa shape index (κ2) is 4.03. The van der Waals surface area contributed by atoms with Crippen LogP contribution < -0.4 is 4.74 Å². The summed E-state index contributed by atoms with van der Waals surface area (Å²) in [5.41, 5.74) is 3.84. The van der Waals surface area contributed by atoms with Crippen LogP contribution in [0.25, 0.3) is 11.1 Å². The number of phenolic OH excluding ortho intramolecular Hbond substituents is 1. The molecule has 1 aliphatic rings. The Balaban J connectivity index is 2.28. The van der Waals surface area contributed by atoms with Crippen molar-refractivity contribution in [1.82, 2.24) is 0 Å². The van der Waals surface area contributed by atoms with Crippen LogP contribution in [0.3, 0.4) is 0 Å². The van der Waals surface area contributed by atoms with Crippen molar-refractivity contribution in [2.75, 3.05) is 7.11 Å². The van der Waals surface area contributed by atoms with Crippen molar-refractivity contribution in [3.8, 4) is 22.6 Å². The lowest BCUT2D eigenvalue weighted by molar-refractivity contribution is -0.0582. The van der Waals surface area contributed by atoms with E-state index in [0.717, 1.165) is 22.3 Å². The number of benzene rings is 2. The molecule has 0 fully saturated rings. The predicted molar refractivity (Wildman–Crippen MR) is 68.7 cm³/mol. The van der Waals surface area contributed by atoms with Crippen LogP contribution in [0, 0.1) is 6.92 Å². The lowest BCUT2D eigenvalue weighted by Gasteiger charge is -2.28. The Labute approximate surface area is 106 Å². The Morgan fingerprint density at radius 2 is 1.89 bits per heavy atom. The molecule has 0 saturated heterocycles. The van der Waals surface area contributed by atoms with Gasteiger partial charge >= 0.3 is 0 Å². The van der Waals surface area contributed by atoms with Crippen LogP contribution in [0.5, 0.6) is 11.5 Å². The molecule has 92 valence electrons. The minimum Gasteiger partial charge on any atom is -0.508 e. The van der Waals surface area contributed by atoms with Gasteiger partial charge in [-0.3, -0.25) is 0 Å². The molecular weight excluding hydrogens is 228 g/mol. The summed E-state index contributed by atoms with van der Waals surface area (Å²) in [5, 5.41) is 9.76. The van der Waals surface area contributed by atoms with Crippen LogP contribution in [-0.2, 0) is 4.74 Å². The highest BCUT2D eigenvalue weighted by molar-refractivity contribution is 5.78. The molecule has 3 nitrogen and oxygen atoms in total. The second-order valence-electron chi connectivity index (χ2n) is 4.36. The van der Waals surface area contributed by atoms with E-state index in [0.29, 0.717) is 5.75 Å². The van der Waals surface area contributed by atoms with Crippen LogP contribution in [0.15, 0.2) is 36.4 Å². The number of hydrogen-bond donors (Lipinski definition) is 1. The number of ether oxygens (including phenoxy) is 2. The Bertz CT molecular complexity index is 605. The van der Waals surface area contributed by atoms with Gasteiger partial charge in [0.2, 0.25) is 6.29 Å². The third kappa shape index (κ3) is 1.48. The number of rotatable bonds is 1. The van der Waals surface area contributed by atoms with E-state index in [-0.39, 0.29) is 5.75 Å². The maximum atomic E-state index is 9.76. The Hall–Kier alpha value is -2.00. The first kappa shape index (κ1) is 11.1. The molecule has 0 saturated carbocycles. The highest BCUT2D eigenvalue weighted by atomic mass is 16.7. The van der Waals surface area contributed by atoms with Crippen LogP contribution in [-0.4, -0.2) is 12.2 Å². The van der Waals surface area contributed by atoms with E-state index in [4.69, 9.17) is 9.47 Å². The van der Waals surface area contributed by atoms with E-state index in [2.05, 4.69) is 0 Å². The van der Waals surface area contributed by atoms with E-state index >= 15 is 0 Å². The molecule has 1 aliphatic heterocycles. The van der Waals surface area contributed by atoms with Crippen molar-refractivity contribution in [3.05, 3.63) is 47.5 Å². The van der Waals surface area contributed by atoms with E-state index in [9.17, 15) is 5.11 Å². The van der Waals surface area contributed by atoms with Crippen molar-refractivity contribution in [2.24, 2.45) is 0 Å². The lowest BCUT2D eigenvalue weighted by Crippen LogP contribution is -2.16. The molecule has 0 radical (unpaired) electrons. The molecule has 1 atom stereocenters. The van der Waals surface area contributed by atoms with Crippen molar-refractivity contribution in [2.45, 2.75) is 13.2 Å². The molecule has 1 unspecified atom stereocenters. The van der Waals surface area contributed by atoms with Gasteiger partial charge in [-0.1, -0.05) is 24.3 Å². The molecule has 0 aliphatic carbocycles. The molecule has 1 N–H and O–H groups in total. The summed E-state index contributed by atoms with van der Waals surface area (Å²) in [6.07, 6.45) is -0.422. The van der Waals surface area contributed by atoms with E-state index in [1.54, 1.807) is 13.2 Å². The van der Waals surface area contributed by atoms with Gasteiger partial charge in [-0.2, -0.15) is 0 Å². The zero-order valence-corrected chi connectivity index (χ0v) is 10.3. The molecule has 0 spiro atoms. The summed E-state index contributed by atoms with van der Waals surface area (Å²) in [6, 6.07) is 11.6. The van der Waals surface area contributed by atoms with Crippen LogP contribution in [0.2, 0.25) is 0 Å². The van der Waals surface area contributed by atoms with Crippen molar-refractivity contribution >= 4 is 0 Å². The third-order valence-corrected chi connectivity index (χ3v) is 3.32. The van der Waals surface area contributed by atoms with Crippen molar-refractivity contribution in [1.29, 1.82) is 0 Å². The average molecular weight is 242 g/mol. The van der Waals surface area contributed by atoms with Gasteiger partial charge in [0.25, 0.3) is 0 Å². The fourth-order valence-corrected chi connectivity index (χ4v) is 2.34. The van der Waals surface area contributed by atoms with Gasteiger partial charge in [-0.05, 0) is 24.6 Å². The normalized spacial score (nSPS) is 16.7. The van der Waals surface area contributed by atoms with Crippen LogP contribution in [0.4, 0.5) is 0 Å². The van der Waals surface area contributed by atoms with E-state index in [1.165, 1.54) is 0 Å². The minimum absolute atomic E-state index is 0.239. The van der Waals surface area contributed by atoms with Gasteiger partial charge in [-0.25, -0.2) is 0 Å². The predicted octanol–water partition coefficient (Wildman–Crippen LogP) is 3.41. The van der Waals surface area contributed by atoms with Crippen LogP contribution in [0.1, 0.15) is 17.4 Å². The fourth-order valence-electron chi connectivity index (χ4n) is 2.34. The van der Waals surface area contributed by atoms with Gasteiger partial charge in [0.15, 0.2) is 0 Å². The van der Waals surface area contributed by atoms with Gasteiger partial charge in [0, 0.05) is 23.8 Å². The lowest BCUT2D eigenvalue weighted by atomic mass is 9.94. The zero-order chi connectivity index (χ0) is 12.7. The smallest absolute Gasteiger partial charge is 0.227 e. The Morgan fingerprint density at radius 1 is 1.11 bits per heavy atom. The molecule has 2 aromatic carbocycles. The molecule has 0 amide bonds. The maximum absolute atomic E-state index is 9.76. The van der Waals surface area contributed by atoms with Crippen molar-refractivity contribution < 1.29 is 14.6 Å². The zero-order valence-electron chi connectivity index (χ0n) is 10.3. The summed E-state index contributed by atoms with van der Waals surface area (Å²) >= 11 is 0. The number of hydrogen-bond acceptors (Lipinski definition) is 3. The first-order chi connectivity index (χ1) is 8.72. The molecule has 0 aromatic heterocycles. The SMILES string of the molecule is COC1Oc2c(ccc(O)c2C)-c2ccccc21. The van der Waals surface area contributed by atoms with Crippen molar-refractivity contribution in [3.63, 3.8) is 0 Å². The minimum atomic E-state index is -0.422. The monoisotopic (exact) mass is 242 g/mol. The summed E-state index contributed by atoms with van der Waals surface area (Å²) in [7, 11) is 1.62. The van der Waals surface area contributed by atoms with Crippen LogP contribution >= 0.6 is 0 Å². The standard InChI is InChI=1S/C15H14O3/c1-9-13(16)8-7-11-10-5-3-4-6-12(10)15(17-2)18-14(9)11/h3-8,15-16H,1-2H3. The third-order valence-electron chi connectivity index (χ3n) is 3.32. The molecular formula is C15H14O3. The van der Waals surface area contributed by atoms with E-state index in [1.807, 2.05) is 37.3 Å². The molecule has 1 heterocycles.